The molecule has 1 fully saturated rings. The van der Waals surface area contributed by atoms with E-state index in [4.69, 9.17) is 0 Å². The van der Waals surface area contributed by atoms with Crippen molar-refractivity contribution in [2.75, 3.05) is 0 Å². The van der Waals surface area contributed by atoms with Crippen LogP contribution in [-0.4, -0.2) is 11.6 Å². The Morgan fingerprint density at radius 2 is 2.05 bits per heavy atom. The van der Waals surface area contributed by atoms with Crippen molar-refractivity contribution < 1.29 is 4.79 Å². The van der Waals surface area contributed by atoms with Gasteiger partial charge in [-0.1, -0.05) is 38.5 Å². The summed E-state index contributed by atoms with van der Waals surface area (Å²) in [6, 6.07) is 5.85. The number of carbonyl (C=O) groups excluding carboxylic acids is 1. The van der Waals surface area contributed by atoms with E-state index in [2.05, 4.69) is 31.3 Å². The molecular weight excluding hydrogens is 260 g/mol. The smallest absolute Gasteiger partial charge is 0.267 e. The number of benzene rings is 1. The molecular formula is C18H26N2O. The third-order valence-electron chi connectivity index (χ3n) is 4.11. The molecule has 0 aromatic heterocycles. The van der Waals surface area contributed by atoms with Crippen LogP contribution in [0.3, 0.4) is 0 Å². The van der Waals surface area contributed by atoms with E-state index in [1.165, 1.54) is 12.0 Å². The van der Waals surface area contributed by atoms with Crippen LogP contribution in [0.5, 0.6) is 0 Å². The van der Waals surface area contributed by atoms with Crippen molar-refractivity contribution in [2.45, 2.75) is 53.9 Å². The maximum Gasteiger partial charge on any atom is 0.271 e. The minimum atomic E-state index is -0.115. The quantitative estimate of drug-likeness (QED) is 0.812. The number of aryl methyl sites for hydroxylation is 2. The van der Waals surface area contributed by atoms with Crippen LogP contribution in [-0.2, 0) is 0 Å². The number of carbonyl (C=O) groups is 1. The summed E-state index contributed by atoms with van der Waals surface area (Å²) >= 11 is 0. The number of rotatable bonds is 2. The lowest BCUT2D eigenvalue weighted by molar-refractivity contribution is 0.0953. The SMILES string of the molecule is Cc1ccc(C(=O)N/N=C2\CC(C)CC(C)(C)C2)c(C)c1. The molecule has 1 aliphatic rings. The Balaban J connectivity index is 2.08. The Morgan fingerprint density at radius 3 is 2.67 bits per heavy atom. The van der Waals surface area contributed by atoms with E-state index in [1.807, 2.05) is 32.0 Å². The number of hydrazone groups is 1. The molecule has 3 heteroatoms. The molecule has 0 saturated heterocycles. The van der Waals surface area contributed by atoms with Gasteiger partial charge >= 0.3 is 0 Å². The summed E-state index contributed by atoms with van der Waals surface area (Å²) in [5.74, 6) is 0.515. The van der Waals surface area contributed by atoms with E-state index in [0.29, 0.717) is 11.5 Å². The van der Waals surface area contributed by atoms with Gasteiger partial charge in [0.1, 0.15) is 0 Å². The summed E-state index contributed by atoms with van der Waals surface area (Å²) in [7, 11) is 0. The number of amides is 1. The highest BCUT2D eigenvalue weighted by Gasteiger charge is 2.29. The van der Waals surface area contributed by atoms with Crippen molar-refractivity contribution in [3.05, 3.63) is 34.9 Å². The van der Waals surface area contributed by atoms with Crippen LogP contribution in [0, 0.1) is 25.2 Å². The second-order valence-corrected chi connectivity index (χ2v) is 7.29. The molecule has 1 atom stereocenters. The Morgan fingerprint density at radius 1 is 1.33 bits per heavy atom. The van der Waals surface area contributed by atoms with Crippen LogP contribution in [0.4, 0.5) is 0 Å². The van der Waals surface area contributed by atoms with Gasteiger partial charge in [0.05, 0.1) is 0 Å². The molecule has 3 nitrogen and oxygen atoms in total. The zero-order valence-corrected chi connectivity index (χ0v) is 13.8. The fraction of sp³-hybridized carbons (Fsp3) is 0.556. The molecule has 1 aromatic rings. The van der Waals surface area contributed by atoms with Crippen molar-refractivity contribution in [2.24, 2.45) is 16.4 Å². The van der Waals surface area contributed by atoms with Gasteiger partial charge in [-0.3, -0.25) is 4.79 Å². The maximum absolute atomic E-state index is 12.2. The standard InChI is InChI=1S/C18H26N2O/c1-12-6-7-16(14(3)8-12)17(21)20-19-15-9-13(2)10-18(4,5)11-15/h6-8,13H,9-11H2,1-5H3,(H,20,21)/b19-15+. The zero-order chi connectivity index (χ0) is 15.6. The van der Waals surface area contributed by atoms with E-state index < -0.39 is 0 Å². The Bertz CT molecular complexity index is 573. The number of hydrogen-bond donors (Lipinski definition) is 1. The average Bonchev–Trinajstić information content (AvgIpc) is 2.33. The highest BCUT2D eigenvalue weighted by molar-refractivity contribution is 5.97. The summed E-state index contributed by atoms with van der Waals surface area (Å²) in [5, 5.41) is 4.39. The molecule has 0 radical (unpaired) electrons. The molecule has 0 bridgehead atoms. The fourth-order valence-electron chi connectivity index (χ4n) is 3.46. The van der Waals surface area contributed by atoms with Crippen molar-refractivity contribution in [3.63, 3.8) is 0 Å². The summed E-state index contributed by atoms with van der Waals surface area (Å²) < 4.78 is 0. The highest BCUT2D eigenvalue weighted by atomic mass is 16.2. The van der Waals surface area contributed by atoms with Gasteiger partial charge in [-0.2, -0.15) is 5.10 Å². The molecule has 0 aliphatic heterocycles. The van der Waals surface area contributed by atoms with E-state index in [-0.39, 0.29) is 11.3 Å². The van der Waals surface area contributed by atoms with Gasteiger partial charge in [-0.25, -0.2) is 5.43 Å². The molecule has 1 aromatic carbocycles. The Kier molecular flexibility index (Phi) is 4.50. The van der Waals surface area contributed by atoms with Crippen LogP contribution in [0.1, 0.15) is 61.5 Å². The van der Waals surface area contributed by atoms with Crippen molar-refractivity contribution in [1.82, 2.24) is 5.43 Å². The molecule has 1 amide bonds. The van der Waals surface area contributed by atoms with Crippen molar-refractivity contribution in [3.8, 4) is 0 Å². The molecule has 114 valence electrons. The van der Waals surface area contributed by atoms with Gasteiger partial charge in [0.15, 0.2) is 0 Å². The maximum atomic E-state index is 12.2. The lowest BCUT2D eigenvalue weighted by Crippen LogP contribution is -2.30. The number of nitrogens with one attached hydrogen (secondary N) is 1. The lowest BCUT2D eigenvalue weighted by Gasteiger charge is -2.34. The van der Waals surface area contributed by atoms with E-state index in [1.54, 1.807) is 0 Å². The Hall–Kier alpha value is -1.64. The predicted octanol–water partition coefficient (Wildman–Crippen LogP) is 4.24. The molecule has 0 spiro atoms. The van der Waals surface area contributed by atoms with E-state index in [9.17, 15) is 4.79 Å². The molecule has 1 unspecified atom stereocenters. The molecule has 21 heavy (non-hydrogen) atoms. The predicted molar refractivity (Wildman–Crippen MR) is 87.6 cm³/mol. The average molecular weight is 286 g/mol. The largest absolute Gasteiger partial charge is 0.271 e. The lowest BCUT2D eigenvalue weighted by atomic mass is 9.72. The molecule has 1 saturated carbocycles. The van der Waals surface area contributed by atoms with Gasteiger partial charge in [0.2, 0.25) is 0 Å². The van der Waals surface area contributed by atoms with Gasteiger partial charge in [0, 0.05) is 11.3 Å². The van der Waals surface area contributed by atoms with Crippen LogP contribution in [0.2, 0.25) is 0 Å². The first-order valence-corrected chi connectivity index (χ1v) is 7.70. The molecule has 1 N–H and O–H groups in total. The highest BCUT2D eigenvalue weighted by Crippen LogP contribution is 2.36. The molecule has 1 aliphatic carbocycles. The molecule has 2 rings (SSSR count). The Labute approximate surface area is 127 Å². The first kappa shape index (κ1) is 15.7. The van der Waals surface area contributed by atoms with Crippen LogP contribution < -0.4 is 5.43 Å². The van der Waals surface area contributed by atoms with Gasteiger partial charge in [0.25, 0.3) is 5.91 Å². The minimum Gasteiger partial charge on any atom is -0.267 e. The van der Waals surface area contributed by atoms with Crippen LogP contribution >= 0.6 is 0 Å². The van der Waals surface area contributed by atoms with Gasteiger partial charge < -0.3 is 0 Å². The number of nitrogens with zero attached hydrogens (tertiary/aromatic N) is 1. The van der Waals surface area contributed by atoms with Crippen molar-refractivity contribution >= 4 is 11.6 Å². The first-order valence-electron chi connectivity index (χ1n) is 7.70. The number of hydrogen-bond acceptors (Lipinski definition) is 2. The zero-order valence-electron chi connectivity index (χ0n) is 13.8. The third kappa shape index (κ3) is 4.16. The van der Waals surface area contributed by atoms with Gasteiger partial charge in [-0.15, -0.1) is 0 Å². The molecule has 0 heterocycles. The summed E-state index contributed by atoms with van der Waals surface area (Å²) in [4.78, 5) is 12.2. The first-order chi connectivity index (χ1) is 9.77. The fourth-order valence-corrected chi connectivity index (χ4v) is 3.46. The normalized spacial score (nSPS) is 23.1. The van der Waals surface area contributed by atoms with Gasteiger partial charge in [-0.05, 0) is 56.1 Å². The minimum absolute atomic E-state index is 0.115. The van der Waals surface area contributed by atoms with Crippen molar-refractivity contribution in [1.29, 1.82) is 0 Å². The van der Waals surface area contributed by atoms with Crippen LogP contribution in [0.25, 0.3) is 0 Å². The second kappa shape index (κ2) is 6.00. The third-order valence-corrected chi connectivity index (χ3v) is 4.11. The summed E-state index contributed by atoms with van der Waals surface area (Å²) in [5.41, 5.74) is 6.98. The van der Waals surface area contributed by atoms with Crippen LogP contribution in [0.15, 0.2) is 23.3 Å². The van der Waals surface area contributed by atoms with E-state index >= 15 is 0 Å². The van der Waals surface area contributed by atoms with E-state index in [0.717, 1.165) is 24.1 Å². The second-order valence-electron chi connectivity index (χ2n) is 7.29. The monoisotopic (exact) mass is 286 g/mol. The topological polar surface area (TPSA) is 41.5 Å². The summed E-state index contributed by atoms with van der Waals surface area (Å²) in [6.45, 7) is 10.8. The summed E-state index contributed by atoms with van der Waals surface area (Å²) in [6.07, 6.45) is 3.16.